The van der Waals surface area contributed by atoms with Gasteiger partial charge in [-0.15, -0.1) is 0 Å². The Morgan fingerprint density at radius 3 is 2.75 bits per heavy atom. The first-order valence-corrected chi connectivity index (χ1v) is 8.29. The van der Waals surface area contributed by atoms with Crippen LogP contribution in [0.5, 0.6) is 11.5 Å². The number of hydrogen-bond acceptors (Lipinski definition) is 4. The molecule has 6 heteroatoms. The molecule has 24 heavy (non-hydrogen) atoms. The Morgan fingerprint density at radius 2 is 2.00 bits per heavy atom. The Labute approximate surface area is 152 Å². The normalized spacial score (nSPS) is 10.6. The van der Waals surface area contributed by atoms with Gasteiger partial charge in [0.05, 0.1) is 12.6 Å². The predicted molar refractivity (Wildman–Crippen MR) is 97.2 cm³/mol. The van der Waals surface area contributed by atoms with Crippen molar-refractivity contribution in [1.29, 1.82) is 0 Å². The molecule has 1 aromatic heterocycles. The summed E-state index contributed by atoms with van der Waals surface area (Å²) in [6, 6.07) is 13.0. The lowest BCUT2D eigenvalue weighted by atomic mass is 10.1. The zero-order valence-electron chi connectivity index (χ0n) is 12.8. The molecule has 0 atom stereocenters. The van der Waals surface area contributed by atoms with Gasteiger partial charge in [0.15, 0.2) is 17.8 Å². The van der Waals surface area contributed by atoms with Crippen molar-refractivity contribution in [2.45, 2.75) is 6.61 Å². The largest absolute Gasteiger partial charge is 0.493 e. The number of aromatic nitrogens is 1. The summed E-state index contributed by atoms with van der Waals surface area (Å²) in [4.78, 5) is 15.5. The van der Waals surface area contributed by atoms with Crippen LogP contribution in [0.25, 0.3) is 10.9 Å². The molecule has 1 heterocycles. The Kier molecular flexibility index (Phi) is 5.02. The Balaban J connectivity index is 1.90. The molecule has 122 valence electrons. The van der Waals surface area contributed by atoms with Crippen molar-refractivity contribution in [2.24, 2.45) is 0 Å². The maximum Gasteiger partial charge on any atom is 0.162 e. The molecule has 0 radical (unpaired) electrons. The number of ether oxygens (including phenoxy) is 2. The molecule has 0 spiro atoms. The van der Waals surface area contributed by atoms with Crippen molar-refractivity contribution in [3.8, 4) is 11.5 Å². The molecule has 0 unspecified atom stereocenters. The van der Waals surface area contributed by atoms with E-state index in [1.165, 1.54) is 0 Å². The van der Waals surface area contributed by atoms with Gasteiger partial charge in [-0.05, 0) is 40.2 Å². The predicted octanol–water partition coefficient (Wildman–Crippen LogP) is 5.05. The highest BCUT2D eigenvalue weighted by Gasteiger charge is 2.12. The lowest BCUT2D eigenvalue weighted by Gasteiger charge is -2.13. The number of methoxy groups -OCH3 is 1. The van der Waals surface area contributed by atoms with E-state index in [1.807, 2.05) is 30.3 Å². The molecule has 0 saturated carbocycles. The fraction of sp³-hybridized carbons (Fsp3) is 0.111. The molecular formula is C18H13BrClNO3. The van der Waals surface area contributed by atoms with Crippen LogP contribution in [0.3, 0.4) is 0 Å². The van der Waals surface area contributed by atoms with E-state index < -0.39 is 0 Å². The number of rotatable bonds is 5. The molecule has 0 saturated heterocycles. The minimum Gasteiger partial charge on any atom is -0.493 e. The van der Waals surface area contributed by atoms with Crippen LogP contribution in [0.2, 0.25) is 5.15 Å². The van der Waals surface area contributed by atoms with E-state index >= 15 is 0 Å². The summed E-state index contributed by atoms with van der Waals surface area (Å²) in [6.45, 7) is 0.215. The molecular weight excluding hydrogens is 394 g/mol. The number of aldehydes is 1. The van der Waals surface area contributed by atoms with Crippen LogP contribution in [-0.4, -0.2) is 18.4 Å². The molecule has 0 aliphatic rings. The summed E-state index contributed by atoms with van der Waals surface area (Å²) in [5, 5.41) is 1.37. The van der Waals surface area contributed by atoms with E-state index in [0.717, 1.165) is 22.8 Å². The lowest BCUT2D eigenvalue weighted by molar-refractivity contribution is 0.112. The second kappa shape index (κ2) is 7.20. The first-order chi connectivity index (χ1) is 11.6. The van der Waals surface area contributed by atoms with Crippen LogP contribution in [0.1, 0.15) is 15.9 Å². The molecule has 3 aromatic rings. The average molecular weight is 407 g/mol. The number of carbonyl (C=O) groups is 1. The zero-order chi connectivity index (χ0) is 17.1. The minimum absolute atomic E-state index is 0.215. The first-order valence-electron chi connectivity index (χ1n) is 7.12. The maximum absolute atomic E-state index is 11.1. The van der Waals surface area contributed by atoms with E-state index in [-0.39, 0.29) is 6.61 Å². The molecule has 2 aromatic carbocycles. The van der Waals surface area contributed by atoms with Gasteiger partial charge >= 0.3 is 0 Å². The molecule has 0 N–H and O–H groups in total. The summed E-state index contributed by atoms with van der Waals surface area (Å²) < 4.78 is 11.8. The van der Waals surface area contributed by atoms with Gasteiger partial charge in [0.25, 0.3) is 0 Å². The molecule has 3 rings (SSSR count). The molecule has 0 aliphatic heterocycles. The van der Waals surface area contributed by atoms with Crippen LogP contribution in [0.15, 0.2) is 46.9 Å². The Morgan fingerprint density at radius 1 is 1.21 bits per heavy atom. The van der Waals surface area contributed by atoms with E-state index in [0.29, 0.717) is 26.7 Å². The van der Waals surface area contributed by atoms with Gasteiger partial charge in [-0.2, -0.15) is 0 Å². The number of nitrogens with zero attached hydrogens (tertiary/aromatic N) is 1. The lowest BCUT2D eigenvalue weighted by Crippen LogP contribution is -2.01. The van der Waals surface area contributed by atoms with Crippen LogP contribution < -0.4 is 9.47 Å². The van der Waals surface area contributed by atoms with Gasteiger partial charge in [-0.3, -0.25) is 4.79 Å². The Bertz CT molecular complexity index is 914. The summed E-state index contributed by atoms with van der Waals surface area (Å²) in [6.07, 6.45) is 0.751. The Hall–Kier alpha value is -2.11. The van der Waals surface area contributed by atoms with Crippen LogP contribution in [0, 0.1) is 0 Å². The second-order valence-electron chi connectivity index (χ2n) is 5.06. The summed E-state index contributed by atoms with van der Waals surface area (Å²) in [7, 11) is 1.54. The van der Waals surface area contributed by atoms with E-state index in [4.69, 9.17) is 21.1 Å². The van der Waals surface area contributed by atoms with E-state index in [1.54, 1.807) is 19.2 Å². The highest BCUT2D eigenvalue weighted by Crippen LogP contribution is 2.34. The minimum atomic E-state index is 0.215. The third kappa shape index (κ3) is 3.37. The number of para-hydroxylation sites is 1. The van der Waals surface area contributed by atoms with Crippen LogP contribution >= 0.6 is 27.5 Å². The number of hydrogen-bond donors (Lipinski definition) is 0. The average Bonchev–Trinajstić information content (AvgIpc) is 2.60. The van der Waals surface area contributed by atoms with Crippen molar-refractivity contribution >= 4 is 44.7 Å². The van der Waals surface area contributed by atoms with Crippen molar-refractivity contribution < 1.29 is 14.3 Å². The summed E-state index contributed by atoms with van der Waals surface area (Å²) in [5.41, 5.74) is 2.07. The third-order valence-corrected chi connectivity index (χ3v) is 4.56. The van der Waals surface area contributed by atoms with Gasteiger partial charge in [0.2, 0.25) is 0 Å². The van der Waals surface area contributed by atoms with Crippen molar-refractivity contribution in [3.05, 3.63) is 63.2 Å². The highest BCUT2D eigenvalue weighted by atomic mass is 79.9. The van der Waals surface area contributed by atoms with Gasteiger partial charge in [0.1, 0.15) is 11.8 Å². The zero-order valence-corrected chi connectivity index (χ0v) is 15.1. The fourth-order valence-corrected chi connectivity index (χ4v) is 2.92. The first kappa shape index (κ1) is 16.7. The summed E-state index contributed by atoms with van der Waals surface area (Å²) in [5.74, 6) is 0.990. The SMILES string of the molecule is COc1cc(Br)c(C=O)cc1OCc1cc2ccccc2nc1Cl. The van der Waals surface area contributed by atoms with Gasteiger partial charge < -0.3 is 9.47 Å². The highest BCUT2D eigenvalue weighted by molar-refractivity contribution is 9.10. The number of pyridine rings is 1. The number of carbonyl (C=O) groups excluding carboxylic acids is 1. The molecule has 0 amide bonds. The van der Waals surface area contributed by atoms with Crippen LogP contribution in [0.4, 0.5) is 0 Å². The second-order valence-corrected chi connectivity index (χ2v) is 6.27. The van der Waals surface area contributed by atoms with Crippen molar-refractivity contribution in [2.75, 3.05) is 7.11 Å². The maximum atomic E-state index is 11.1. The summed E-state index contributed by atoms with van der Waals surface area (Å²) >= 11 is 9.56. The monoisotopic (exact) mass is 405 g/mol. The number of benzene rings is 2. The third-order valence-electron chi connectivity index (χ3n) is 3.54. The van der Waals surface area contributed by atoms with Gasteiger partial charge in [-0.25, -0.2) is 4.98 Å². The fourth-order valence-electron chi connectivity index (χ4n) is 2.31. The van der Waals surface area contributed by atoms with Crippen LogP contribution in [-0.2, 0) is 6.61 Å². The van der Waals surface area contributed by atoms with E-state index in [2.05, 4.69) is 20.9 Å². The standard InChI is InChI=1S/C18H13BrClNO3/c1-23-16-8-14(19)12(9-22)7-17(16)24-10-13-6-11-4-2-3-5-15(11)21-18(13)20/h2-9H,10H2,1H3. The number of halogens is 2. The number of fused-ring (bicyclic) bond motifs is 1. The molecule has 0 aliphatic carbocycles. The van der Waals surface area contributed by atoms with E-state index in [9.17, 15) is 4.79 Å². The smallest absolute Gasteiger partial charge is 0.162 e. The quantitative estimate of drug-likeness (QED) is 0.439. The van der Waals surface area contributed by atoms with Crippen molar-refractivity contribution in [1.82, 2.24) is 4.98 Å². The molecule has 0 fully saturated rings. The topological polar surface area (TPSA) is 48.4 Å². The van der Waals surface area contributed by atoms with Gasteiger partial charge in [-0.1, -0.05) is 29.8 Å². The van der Waals surface area contributed by atoms with Gasteiger partial charge in [0, 0.05) is 21.0 Å². The van der Waals surface area contributed by atoms with Crippen molar-refractivity contribution in [3.63, 3.8) is 0 Å². The molecule has 0 bridgehead atoms. The molecule has 4 nitrogen and oxygen atoms in total.